The van der Waals surface area contributed by atoms with Gasteiger partial charge < -0.3 is 5.32 Å². The molecule has 0 atom stereocenters. The van der Waals surface area contributed by atoms with Gasteiger partial charge in [-0.2, -0.15) is 0 Å². The first-order valence-corrected chi connectivity index (χ1v) is 5.71. The molecule has 0 bridgehead atoms. The van der Waals surface area contributed by atoms with Crippen molar-refractivity contribution in [3.05, 3.63) is 65.0 Å². The molecule has 2 rings (SSSR count). The van der Waals surface area contributed by atoms with Crippen molar-refractivity contribution < 1.29 is 9.18 Å². The fourth-order valence-corrected chi connectivity index (χ4v) is 1.75. The molecule has 0 spiro atoms. The van der Waals surface area contributed by atoms with E-state index in [4.69, 9.17) is 0 Å². The molecule has 0 radical (unpaired) electrons. The number of carbonyl (C=O) groups is 1. The standard InChI is InChI=1S/C15H14FNO/c1-10-7-8-13(16)14(9-10)17-15(18)12-6-4-3-5-11(12)2/h3-9H,1-2H3,(H,17,18). The summed E-state index contributed by atoms with van der Waals surface area (Å²) < 4.78 is 13.5. The van der Waals surface area contributed by atoms with E-state index >= 15 is 0 Å². The molecular weight excluding hydrogens is 229 g/mol. The Labute approximate surface area is 105 Å². The minimum absolute atomic E-state index is 0.211. The Morgan fingerprint density at radius 2 is 1.83 bits per heavy atom. The molecule has 18 heavy (non-hydrogen) atoms. The highest BCUT2D eigenvalue weighted by atomic mass is 19.1. The highest BCUT2D eigenvalue weighted by Crippen LogP contribution is 2.17. The van der Waals surface area contributed by atoms with Crippen LogP contribution in [0.2, 0.25) is 0 Å². The van der Waals surface area contributed by atoms with Gasteiger partial charge in [0, 0.05) is 5.56 Å². The van der Waals surface area contributed by atoms with Crippen LogP contribution in [0.25, 0.3) is 0 Å². The van der Waals surface area contributed by atoms with E-state index in [1.165, 1.54) is 6.07 Å². The van der Waals surface area contributed by atoms with Gasteiger partial charge in [0.1, 0.15) is 5.82 Å². The van der Waals surface area contributed by atoms with E-state index < -0.39 is 5.82 Å². The number of amides is 1. The molecule has 2 aromatic carbocycles. The van der Waals surface area contributed by atoms with Crippen LogP contribution < -0.4 is 5.32 Å². The van der Waals surface area contributed by atoms with Gasteiger partial charge in [0.15, 0.2) is 0 Å². The lowest BCUT2D eigenvalue weighted by atomic mass is 10.1. The summed E-state index contributed by atoms with van der Waals surface area (Å²) in [7, 11) is 0. The normalized spacial score (nSPS) is 10.2. The Morgan fingerprint density at radius 1 is 1.11 bits per heavy atom. The van der Waals surface area contributed by atoms with Crippen LogP contribution in [0.5, 0.6) is 0 Å². The van der Waals surface area contributed by atoms with Crippen LogP contribution in [-0.2, 0) is 0 Å². The number of anilines is 1. The predicted molar refractivity (Wildman–Crippen MR) is 70.3 cm³/mol. The molecule has 1 amide bonds. The Balaban J connectivity index is 2.27. The first kappa shape index (κ1) is 12.3. The van der Waals surface area contributed by atoms with E-state index in [0.29, 0.717) is 5.56 Å². The van der Waals surface area contributed by atoms with Gasteiger partial charge in [-0.05, 0) is 43.2 Å². The maximum Gasteiger partial charge on any atom is 0.256 e. The molecule has 0 saturated heterocycles. The molecule has 0 aliphatic heterocycles. The lowest BCUT2D eigenvalue weighted by molar-refractivity contribution is 0.102. The van der Waals surface area contributed by atoms with Gasteiger partial charge in [0.05, 0.1) is 5.69 Å². The second-order valence-electron chi connectivity index (χ2n) is 4.25. The zero-order valence-electron chi connectivity index (χ0n) is 10.3. The van der Waals surface area contributed by atoms with Crippen molar-refractivity contribution >= 4 is 11.6 Å². The van der Waals surface area contributed by atoms with Crippen LogP contribution in [0.4, 0.5) is 10.1 Å². The fourth-order valence-electron chi connectivity index (χ4n) is 1.75. The molecule has 2 nitrogen and oxygen atoms in total. The van der Waals surface area contributed by atoms with Gasteiger partial charge in [-0.25, -0.2) is 4.39 Å². The van der Waals surface area contributed by atoms with Crippen molar-refractivity contribution in [2.24, 2.45) is 0 Å². The molecule has 0 unspecified atom stereocenters. The fraction of sp³-hybridized carbons (Fsp3) is 0.133. The Hall–Kier alpha value is -2.16. The quantitative estimate of drug-likeness (QED) is 0.856. The second kappa shape index (κ2) is 5.00. The first-order valence-electron chi connectivity index (χ1n) is 5.71. The highest BCUT2D eigenvalue weighted by molar-refractivity contribution is 6.05. The Kier molecular flexibility index (Phi) is 3.42. The van der Waals surface area contributed by atoms with Crippen molar-refractivity contribution in [3.8, 4) is 0 Å². The van der Waals surface area contributed by atoms with E-state index in [2.05, 4.69) is 5.32 Å². The van der Waals surface area contributed by atoms with Crippen molar-refractivity contribution in [2.75, 3.05) is 5.32 Å². The van der Waals surface area contributed by atoms with Crippen molar-refractivity contribution in [1.29, 1.82) is 0 Å². The number of nitrogens with one attached hydrogen (secondary N) is 1. The van der Waals surface area contributed by atoms with Crippen LogP contribution in [0.15, 0.2) is 42.5 Å². The van der Waals surface area contributed by atoms with Crippen molar-refractivity contribution in [2.45, 2.75) is 13.8 Å². The molecular formula is C15H14FNO. The summed E-state index contributed by atoms with van der Waals surface area (Å²) in [6, 6.07) is 11.8. The molecule has 0 saturated carbocycles. The molecule has 0 heterocycles. The van der Waals surface area contributed by atoms with Crippen LogP contribution in [-0.4, -0.2) is 5.91 Å². The second-order valence-corrected chi connectivity index (χ2v) is 4.25. The maximum absolute atomic E-state index is 13.5. The molecule has 92 valence electrons. The zero-order valence-corrected chi connectivity index (χ0v) is 10.3. The number of carbonyl (C=O) groups excluding carboxylic acids is 1. The largest absolute Gasteiger partial charge is 0.319 e. The predicted octanol–water partition coefficient (Wildman–Crippen LogP) is 3.69. The van der Waals surface area contributed by atoms with E-state index in [1.807, 2.05) is 26.0 Å². The molecule has 0 fully saturated rings. The Bertz CT molecular complexity index is 593. The van der Waals surface area contributed by atoms with Gasteiger partial charge in [0.25, 0.3) is 5.91 Å². The molecule has 1 N–H and O–H groups in total. The minimum Gasteiger partial charge on any atom is -0.319 e. The van der Waals surface area contributed by atoms with Crippen LogP contribution in [0.3, 0.4) is 0 Å². The number of halogens is 1. The summed E-state index contributed by atoms with van der Waals surface area (Å²) in [5.74, 6) is -0.722. The van der Waals surface area contributed by atoms with E-state index in [1.54, 1.807) is 24.3 Å². The summed E-state index contributed by atoms with van der Waals surface area (Å²) in [4.78, 5) is 12.0. The van der Waals surface area contributed by atoms with Crippen LogP contribution in [0.1, 0.15) is 21.5 Å². The number of hydrogen-bond donors (Lipinski definition) is 1. The summed E-state index contributed by atoms with van der Waals surface area (Å²) >= 11 is 0. The van der Waals surface area contributed by atoms with Gasteiger partial charge in [-0.1, -0.05) is 24.3 Å². The SMILES string of the molecule is Cc1ccc(F)c(NC(=O)c2ccccc2C)c1. The van der Waals surface area contributed by atoms with E-state index in [0.717, 1.165) is 11.1 Å². The molecule has 3 heteroatoms. The van der Waals surface area contributed by atoms with Gasteiger partial charge in [-0.3, -0.25) is 4.79 Å². The zero-order chi connectivity index (χ0) is 13.1. The van der Waals surface area contributed by atoms with Crippen molar-refractivity contribution in [1.82, 2.24) is 0 Å². The lowest BCUT2D eigenvalue weighted by Gasteiger charge is -2.09. The number of rotatable bonds is 2. The summed E-state index contributed by atoms with van der Waals surface area (Å²) in [5, 5.41) is 2.59. The number of aryl methyl sites for hydroxylation is 2. The van der Waals surface area contributed by atoms with Gasteiger partial charge in [0.2, 0.25) is 0 Å². The average molecular weight is 243 g/mol. The first-order chi connectivity index (χ1) is 8.58. The van der Waals surface area contributed by atoms with Gasteiger partial charge >= 0.3 is 0 Å². The summed E-state index contributed by atoms with van der Waals surface area (Å²) in [6.45, 7) is 3.70. The van der Waals surface area contributed by atoms with Crippen LogP contribution >= 0.6 is 0 Å². The highest BCUT2D eigenvalue weighted by Gasteiger charge is 2.11. The maximum atomic E-state index is 13.5. The molecule has 0 aromatic heterocycles. The van der Waals surface area contributed by atoms with Crippen LogP contribution in [0, 0.1) is 19.7 Å². The topological polar surface area (TPSA) is 29.1 Å². The monoisotopic (exact) mass is 243 g/mol. The van der Waals surface area contributed by atoms with Gasteiger partial charge in [-0.15, -0.1) is 0 Å². The minimum atomic E-state index is -0.428. The lowest BCUT2D eigenvalue weighted by Crippen LogP contribution is -2.14. The Morgan fingerprint density at radius 3 is 2.56 bits per heavy atom. The third-order valence-corrected chi connectivity index (χ3v) is 2.76. The smallest absolute Gasteiger partial charge is 0.256 e. The summed E-state index contributed by atoms with van der Waals surface area (Å²) in [6.07, 6.45) is 0. The molecule has 2 aromatic rings. The average Bonchev–Trinajstić information content (AvgIpc) is 2.34. The van der Waals surface area contributed by atoms with Crippen molar-refractivity contribution in [3.63, 3.8) is 0 Å². The van der Waals surface area contributed by atoms with E-state index in [-0.39, 0.29) is 11.6 Å². The summed E-state index contributed by atoms with van der Waals surface area (Å²) in [5.41, 5.74) is 2.53. The number of benzene rings is 2. The van der Waals surface area contributed by atoms with E-state index in [9.17, 15) is 9.18 Å². The number of hydrogen-bond acceptors (Lipinski definition) is 1. The molecule has 0 aliphatic rings. The molecule has 0 aliphatic carbocycles. The third kappa shape index (κ3) is 2.56. The third-order valence-electron chi connectivity index (χ3n) is 2.76.